The van der Waals surface area contributed by atoms with Crippen LogP contribution in [0.15, 0.2) is 16.9 Å². The SMILES string of the molecule is COC(=O)c1cocc1NC(=O)NN(C)C. The molecule has 0 aromatic carbocycles. The quantitative estimate of drug-likeness (QED) is 0.585. The summed E-state index contributed by atoms with van der Waals surface area (Å²) >= 11 is 0. The third-order valence-electron chi connectivity index (χ3n) is 1.64. The van der Waals surface area contributed by atoms with Crippen LogP contribution in [0.3, 0.4) is 0 Å². The minimum Gasteiger partial charge on any atom is -0.469 e. The molecule has 2 N–H and O–H groups in total. The molecule has 0 spiro atoms. The molecule has 1 aromatic heterocycles. The van der Waals surface area contributed by atoms with E-state index in [0.717, 1.165) is 0 Å². The van der Waals surface area contributed by atoms with Crippen molar-refractivity contribution < 1.29 is 18.7 Å². The van der Waals surface area contributed by atoms with Crippen LogP contribution >= 0.6 is 0 Å². The number of hydrogen-bond acceptors (Lipinski definition) is 5. The number of nitrogens with one attached hydrogen (secondary N) is 2. The van der Waals surface area contributed by atoms with Crippen molar-refractivity contribution in [2.45, 2.75) is 0 Å². The third-order valence-corrected chi connectivity index (χ3v) is 1.64. The molecule has 0 radical (unpaired) electrons. The Labute approximate surface area is 92.3 Å². The first-order chi connectivity index (χ1) is 7.54. The first-order valence-corrected chi connectivity index (χ1v) is 4.44. The van der Waals surface area contributed by atoms with Gasteiger partial charge in [-0.25, -0.2) is 14.6 Å². The number of ether oxygens (including phenoxy) is 1. The summed E-state index contributed by atoms with van der Waals surface area (Å²) < 4.78 is 9.33. The van der Waals surface area contributed by atoms with Crippen LogP contribution in [0.5, 0.6) is 0 Å². The molecule has 1 heterocycles. The summed E-state index contributed by atoms with van der Waals surface area (Å²) in [5.74, 6) is -0.575. The number of carbonyl (C=O) groups excluding carboxylic acids is 2. The standard InChI is InChI=1S/C9H13N3O4/c1-12(2)11-9(14)10-7-5-16-4-6(7)8(13)15-3/h4-5H,1-3H3,(H2,10,11,14). The van der Waals surface area contributed by atoms with E-state index in [0.29, 0.717) is 0 Å². The highest BCUT2D eigenvalue weighted by Gasteiger charge is 2.16. The molecule has 0 aliphatic rings. The monoisotopic (exact) mass is 227 g/mol. The second-order valence-corrected chi connectivity index (χ2v) is 3.15. The number of methoxy groups -OCH3 is 1. The molecule has 1 aromatic rings. The van der Waals surface area contributed by atoms with Gasteiger partial charge in [-0.2, -0.15) is 0 Å². The van der Waals surface area contributed by atoms with Crippen LogP contribution in [-0.4, -0.2) is 38.2 Å². The molecule has 88 valence electrons. The maximum absolute atomic E-state index is 11.3. The lowest BCUT2D eigenvalue weighted by Crippen LogP contribution is -2.39. The van der Waals surface area contributed by atoms with Crippen LogP contribution in [-0.2, 0) is 4.74 Å². The Bertz CT molecular complexity index is 386. The van der Waals surface area contributed by atoms with Gasteiger partial charge in [-0.15, -0.1) is 0 Å². The molecule has 16 heavy (non-hydrogen) atoms. The van der Waals surface area contributed by atoms with Gasteiger partial charge in [-0.1, -0.05) is 0 Å². The molecule has 0 aliphatic carbocycles. The number of furan rings is 1. The molecular formula is C9H13N3O4. The number of esters is 1. The molecular weight excluding hydrogens is 214 g/mol. The Balaban J connectivity index is 2.70. The first kappa shape index (κ1) is 12.1. The van der Waals surface area contributed by atoms with Gasteiger partial charge in [0.05, 0.1) is 12.8 Å². The first-order valence-electron chi connectivity index (χ1n) is 4.44. The van der Waals surface area contributed by atoms with Crippen molar-refractivity contribution in [3.05, 3.63) is 18.1 Å². The number of rotatable bonds is 3. The lowest BCUT2D eigenvalue weighted by atomic mass is 10.3. The molecule has 0 atom stereocenters. The second-order valence-electron chi connectivity index (χ2n) is 3.15. The molecule has 0 aliphatic heterocycles. The highest BCUT2D eigenvalue weighted by atomic mass is 16.5. The Morgan fingerprint density at radius 3 is 2.62 bits per heavy atom. The van der Waals surface area contributed by atoms with Gasteiger partial charge in [0, 0.05) is 14.1 Å². The van der Waals surface area contributed by atoms with Crippen LogP contribution in [0, 0.1) is 0 Å². The van der Waals surface area contributed by atoms with Crippen LogP contribution < -0.4 is 10.7 Å². The molecule has 0 bridgehead atoms. The highest BCUT2D eigenvalue weighted by Crippen LogP contribution is 2.17. The maximum atomic E-state index is 11.3. The number of anilines is 1. The smallest absolute Gasteiger partial charge is 0.343 e. The summed E-state index contributed by atoms with van der Waals surface area (Å²) in [6.07, 6.45) is 2.46. The molecule has 0 fully saturated rings. The van der Waals surface area contributed by atoms with Crippen molar-refractivity contribution in [3.63, 3.8) is 0 Å². The average Bonchev–Trinajstić information content (AvgIpc) is 2.63. The van der Waals surface area contributed by atoms with E-state index in [1.807, 2.05) is 0 Å². The van der Waals surface area contributed by atoms with Gasteiger partial charge < -0.3 is 14.5 Å². The summed E-state index contributed by atoms with van der Waals surface area (Å²) in [6, 6.07) is -0.475. The van der Waals surface area contributed by atoms with Crippen LogP contribution in [0.4, 0.5) is 10.5 Å². The van der Waals surface area contributed by atoms with E-state index < -0.39 is 12.0 Å². The van der Waals surface area contributed by atoms with Crippen molar-refractivity contribution >= 4 is 17.7 Å². The van der Waals surface area contributed by atoms with E-state index in [4.69, 9.17) is 4.42 Å². The fraction of sp³-hybridized carbons (Fsp3) is 0.333. The number of hydrogen-bond donors (Lipinski definition) is 2. The van der Waals surface area contributed by atoms with Gasteiger partial charge in [-0.3, -0.25) is 5.43 Å². The summed E-state index contributed by atoms with van der Waals surface area (Å²) in [5.41, 5.74) is 2.87. The lowest BCUT2D eigenvalue weighted by molar-refractivity contribution is 0.0601. The number of amides is 2. The normalized spacial score (nSPS) is 10.0. The maximum Gasteiger partial charge on any atom is 0.343 e. The van der Waals surface area contributed by atoms with E-state index in [1.54, 1.807) is 14.1 Å². The summed E-state index contributed by atoms with van der Waals surface area (Å²) in [6.45, 7) is 0. The topological polar surface area (TPSA) is 83.8 Å². The third kappa shape index (κ3) is 2.99. The fourth-order valence-corrected chi connectivity index (χ4v) is 1.02. The minimum atomic E-state index is -0.575. The van der Waals surface area contributed by atoms with E-state index in [2.05, 4.69) is 15.5 Å². The predicted molar refractivity (Wildman–Crippen MR) is 55.9 cm³/mol. The van der Waals surface area contributed by atoms with E-state index in [-0.39, 0.29) is 11.3 Å². The van der Waals surface area contributed by atoms with E-state index in [9.17, 15) is 9.59 Å². The summed E-state index contributed by atoms with van der Waals surface area (Å²) in [7, 11) is 4.57. The number of urea groups is 1. The van der Waals surface area contributed by atoms with E-state index >= 15 is 0 Å². The Kier molecular flexibility index (Phi) is 3.90. The molecule has 0 unspecified atom stereocenters. The zero-order chi connectivity index (χ0) is 12.1. The molecule has 7 nitrogen and oxygen atoms in total. The Morgan fingerprint density at radius 2 is 2.06 bits per heavy atom. The summed E-state index contributed by atoms with van der Waals surface area (Å²) in [5, 5.41) is 3.92. The molecule has 1 rings (SSSR count). The molecule has 0 saturated heterocycles. The predicted octanol–water partition coefficient (Wildman–Crippen LogP) is 0.664. The molecule has 7 heteroatoms. The largest absolute Gasteiger partial charge is 0.469 e. The molecule has 2 amide bonds. The zero-order valence-electron chi connectivity index (χ0n) is 9.23. The minimum absolute atomic E-state index is 0.163. The van der Waals surface area contributed by atoms with Gasteiger partial charge in [-0.05, 0) is 0 Å². The molecule has 0 saturated carbocycles. The van der Waals surface area contributed by atoms with Gasteiger partial charge in [0.25, 0.3) is 0 Å². The van der Waals surface area contributed by atoms with Crippen LogP contribution in [0.1, 0.15) is 10.4 Å². The van der Waals surface area contributed by atoms with Crippen molar-refractivity contribution in [1.82, 2.24) is 10.4 Å². The Hall–Kier alpha value is -2.02. The van der Waals surface area contributed by atoms with Gasteiger partial charge in [0.1, 0.15) is 18.1 Å². The number of carbonyl (C=O) groups is 2. The number of hydrazine groups is 1. The summed E-state index contributed by atoms with van der Waals surface area (Å²) in [4.78, 5) is 22.6. The fourth-order valence-electron chi connectivity index (χ4n) is 1.02. The van der Waals surface area contributed by atoms with Crippen molar-refractivity contribution in [1.29, 1.82) is 0 Å². The van der Waals surface area contributed by atoms with Crippen LogP contribution in [0.2, 0.25) is 0 Å². The van der Waals surface area contributed by atoms with Gasteiger partial charge >= 0.3 is 12.0 Å². The lowest BCUT2D eigenvalue weighted by Gasteiger charge is -2.12. The number of nitrogens with zero attached hydrogens (tertiary/aromatic N) is 1. The van der Waals surface area contributed by atoms with Gasteiger partial charge in [0.15, 0.2) is 0 Å². The van der Waals surface area contributed by atoms with Gasteiger partial charge in [0.2, 0.25) is 0 Å². The van der Waals surface area contributed by atoms with Crippen molar-refractivity contribution in [2.75, 3.05) is 26.5 Å². The second kappa shape index (κ2) is 5.17. The van der Waals surface area contributed by atoms with Crippen molar-refractivity contribution in [2.24, 2.45) is 0 Å². The van der Waals surface area contributed by atoms with Crippen LogP contribution in [0.25, 0.3) is 0 Å². The average molecular weight is 227 g/mol. The Morgan fingerprint density at radius 1 is 1.38 bits per heavy atom. The zero-order valence-corrected chi connectivity index (χ0v) is 9.23. The van der Waals surface area contributed by atoms with Crippen molar-refractivity contribution in [3.8, 4) is 0 Å². The van der Waals surface area contributed by atoms with E-state index in [1.165, 1.54) is 24.6 Å². The highest BCUT2D eigenvalue weighted by molar-refractivity contribution is 6.00.